The quantitative estimate of drug-likeness (QED) is 0.548. The molecular formula is C16H9Cl2F2NS. The molecule has 3 aromatic rings. The summed E-state index contributed by atoms with van der Waals surface area (Å²) >= 11 is 13.6. The molecule has 0 amide bonds. The van der Waals surface area contributed by atoms with Crippen molar-refractivity contribution in [2.75, 3.05) is 5.32 Å². The van der Waals surface area contributed by atoms with Gasteiger partial charge in [0.1, 0.15) is 11.6 Å². The van der Waals surface area contributed by atoms with Crippen molar-refractivity contribution in [3.8, 4) is 11.1 Å². The van der Waals surface area contributed by atoms with Gasteiger partial charge < -0.3 is 5.32 Å². The molecule has 2 aromatic carbocycles. The maximum Gasteiger partial charge on any atom is 0.126 e. The number of rotatable bonds is 3. The van der Waals surface area contributed by atoms with E-state index in [9.17, 15) is 8.78 Å². The Balaban J connectivity index is 2.14. The SMILES string of the molecule is Fc1cc(F)cc(-c2cc(Cl)c(Cl)cc2Nc2cccs2)c1. The molecule has 6 heteroatoms. The van der Waals surface area contributed by atoms with Crippen molar-refractivity contribution < 1.29 is 8.78 Å². The molecule has 0 radical (unpaired) electrons. The van der Waals surface area contributed by atoms with Crippen LogP contribution in [0.5, 0.6) is 0 Å². The molecule has 1 aromatic heterocycles. The van der Waals surface area contributed by atoms with Gasteiger partial charge in [0.15, 0.2) is 0 Å². The first-order valence-electron chi connectivity index (χ1n) is 6.29. The zero-order valence-corrected chi connectivity index (χ0v) is 13.4. The van der Waals surface area contributed by atoms with Crippen molar-refractivity contribution in [3.63, 3.8) is 0 Å². The molecule has 0 aliphatic rings. The lowest BCUT2D eigenvalue weighted by atomic mass is 10.0. The molecule has 1 nitrogen and oxygen atoms in total. The van der Waals surface area contributed by atoms with E-state index in [1.54, 1.807) is 12.1 Å². The minimum Gasteiger partial charge on any atom is -0.347 e. The Morgan fingerprint density at radius 3 is 2.23 bits per heavy atom. The van der Waals surface area contributed by atoms with Crippen LogP contribution in [0.25, 0.3) is 11.1 Å². The zero-order chi connectivity index (χ0) is 15.7. The highest BCUT2D eigenvalue weighted by Crippen LogP contribution is 2.38. The molecule has 0 saturated carbocycles. The van der Waals surface area contributed by atoms with E-state index in [0.717, 1.165) is 11.1 Å². The predicted octanol–water partition coefficient (Wildman–Crippen LogP) is 6.74. The predicted molar refractivity (Wildman–Crippen MR) is 89.4 cm³/mol. The highest BCUT2D eigenvalue weighted by atomic mass is 35.5. The van der Waals surface area contributed by atoms with Gasteiger partial charge in [-0.25, -0.2) is 8.78 Å². The van der Waals surface area contributed by atoms with E-state index in [2.05, 4.69) is 5.32 Å². The lowest BCUT2D eigenvalue weighted by Crippen LogP contribution is -1.93. The van der Waals surface area contributed by atoms with E-state index in [4.69, 9.17) is 23.2 Å². The summed E-state index contributed by atoms with van der Waals surface area (Å²) in [4.78, 5) is 0. The first-order chi connectivity index (χ1) is 10.5. The molecule has 112 valence electrons. The smallest absolute Gasteiger partial charge is 0.126 e. The standard InChI is InChI=1S/C16H9Cl2F2NS/c17-13-7-12(9-4-10(19)6-11(20)5-9)15(8-14(13)18)21-16-2-1-3-22-16/h1-8,21H. The largest absolute Gasteiger partial charge is 0.347 e. The monoisotopic (exact) mass is 355 g/mol. The van der Waals surface area contributed by atoms with Gasteiger partial charge in [-0.15, -0.1) is 11.3 Å². The second-order valence-electron chi connectivity index (χ2n) is 4.57. The maximum absolute atomic E-state index is 13.5. The van der Waals surface area contributed by atoms with Crippen LogP contribution < -0.4 is 5.32 Å². The van der Waals surface area contributed by atoms with E-state index in [-0.39, 0.29) is 0 Å². The summed E-state index contributed by atoms with van der Waals surface area (Å²) in [6.45, 7) is 0. The van der Waals surface area contributed by atoms with Gasteiger partial charge in [0, 0.05) is 17.3 Å². The Kier molecular flexibility index (Phi) is 4.34. The third kappa shape index (κ3) is 3.24. The van der Waals surface area contributed by atoms with Crippen molar-refractivity contribution in [2.45, 2.75) is 0 Å². The Morgan fingerprint density at radius 2 is 1.59 bits per heavy atom. The Morgan fingerprint density at radius 1 is 0.909 bits per heavy atom. The third-order valence-electron chi connectivity index (χ3n) is 3.01. The molecule has 0 aliphatic heterocycles. The van der Waals surface area contributed by atoms with E-state index in [1.165, 1.54) is 23.5 Å². The van der Waals surface area contributed by atoms with Crippen molar-refractivity contribution in [3.05, 3.63) is 69.5 Å². The van der Waals surface area contributed by atoms with Crippen LogP contribution in [0.3, 0.4) is 0 Å². The first-order valence-corrected chi connectivity index (χ1v) is 7.92. The topological polar surface area (TPSA) is 12.0 Å². The average molecular weight is 356 g/mol. The Hall–Kier alpha value is -1.62. The van der Waals surface area contributed by atoms with Crippen LogP contribution in [0.2, 0.25) is 10.0 Å². The van der Waals surface area contributed by atoms with Crippen molar-refractivity contribution in [1.29, 1.82) is 0 Å². The van der Waals surface area contributed by atoms with Crippen LogP contribution in [-0.4, -0.2) is 0 Å². The molecule has 3 rings (SSSR count). The summed E-state index contributed by atoms with van der Waals surface area (Å²) in [6, 6.07) is 10.4. The molecule has 0 fully saturated rings. The summed E-state index contributed by atoms with van der Waals surface area (Å²) in [7, 11) is 0. The van der Waals surface area contributed by atoms with Gasteiger partial charge >= 0.3 is 0 Å². The Bertz CT molecular complexity index is 799. The molecule has 0 saturated heterocycles. The minimum absolute atomic E-state index is 0.318. The van der Waals surface area contributed by atoms with Gasteiger partial charge in [-0.3, -0.25) is 0 Å². The van der Waals surface area contributed by atoms with Gasteiger partial charge in [0.25, 0.3) is 0 Å². The van der Waals surface area contributed by atoms with Crippen molar-refractivity contribution >= 4 is 45.2 Å². The van der Waals surface area contributed by atoms with Crippen molar-refractivity contribution in [2.24, 2.45) is 0 Å². The van der Waals surface area contributed by atoms with Crippen LogP contribution in [-0.2, 0) is 0 Å². The number of benzene rings is 2. The zero-order valence-electron chi connectivity index (χ0n) is 11.0. The summed E-state index contributed by atoms with van der Waals surface area (Å²) < 4.78 is 27.0. The molecule has 0 aliphatic carbocycles. The minimum atomic E-state index is -0.650. The number of anilines is 2. The number of nitrogens with one attached hydrogen (secondary N) is 1. The van der Waals surface area contributed by atoms with E-state index in [1.807, 2.05) is 17.5 Å². The summed E-state index contributed by atoms with van der Waals surface area (Å²) in [6.07, 6.45) is 0. The van der Waals surface area contributed by atoms with E-state index < -0.39 is 11.6 Å². The highest BCUT2D eigenvalue weighted by molar-refractivity contribution is 7.14. The highest BCUT2D eigenvalue weighted by Gasteiger charge is 2.12. The third-order valence-corrected chi connectivity index (χ3v) is 4.52. The Labute approximate surface area is 140 Å². The lowest BCUT2D eigenvalue weighted by molar-refractivity contribution is 0.584. The van der Waals surface area contributed by atoms with Gasteiger partial charge in [0.05, 0.1) is 15.0 Å². The van der Waals surface area contributed by atoms with Gasteiger partial charge in [-0.1, -0.05) is 23.2 Å². The first kappa shape index (κ1) is 15.3. The summed E-state index contributed by atoms with van der Waals surface area (Å²) in [5.41, 5.74) is 1.58. The fourth-order valence-corrected chi connectivity index (χ4v) is 3.04. The van der Waals surface area contributed by atoms with E-state index >= 15 is 0 Å². The lowest BCUT2D eigenvalue weighted by Gasteiger charge is -2.13. The van der Waals surface area contributed by atoms with Gasteiger partial charge in [-0.2, -0.15) is 0 Å². The molecular weight excluding hydrogens is 347 g/mol. The molecule has 0 atom stereocenters. The van der Waals surface area contributed by atoms with E-state index in [0.29, 0.717) is 26.9 Å². The second-order valence-corrected chi connectivity index (χ2v) is 6.33. The molecule has 1 N–H and O–H groups in total. The fraction of sp³-hybridized carbons (Fsp3) is 0. The molecule has 0 spiro atoms. The number of hydrogen-bond donors (Lipinski definition) is 1. The van der Waals surface area contributed by atoms with Crippen LogP contribution in [0.4, 0.5) is 19.5 Å². The summed E-state index contributed by atoms with van der Waals surface area (Å²) in [5.74, 6) is -1.30. The summed E-state index contributed by atoms with van der Waals surface area (Å²) in [5, 5.41) is 6.67. The average Bonchev–Trinajstić information content (AvgIpc) is 2.94. The van der Waals surface area contributed by atoms with Crippen LogP contribution in [0, 0.1) is 11.6 Å². The molecule has 22 heavy (non-hydrogen) atoms. The van der Waals surface area contributed by atoms with Gasteiger partial charge in [0.2, 0.25) is 0 Å². The normalized spacial score (nSPS) is 10.7. The number of halogens is 4. The molecule has 0 unspecified atom stereocenters. The van der Waals surface area contributed by atoms with Crippen molar-refractivity contribution in [1.82, 2.24) is 0 Å². The number of hydrogen-bond acceptors (Lipinski definition) is 2. The second kappa shape index (κ2) is 6.24. The van der Waals surface area contributed by atoms with Crippen LogP contribution >= 0.6 is 34.5 Å². The maximum atomic E-state index is 13.5. The van der Waals surface area contributed by atoms with Crippen LogP contribution in [0.15, 0.2) is 47.8 Å². The number of thiophene rings is 1. The molecule has 0 bridgehead atoms. The van der Waals surface area contributed by atoms with Crippen LogP contribution in [0.1, 0.15) is 0 Å². The van der Waals surface area contributed by atoms with Gasteiger partial charge in [-0.05, 0) is 47.3 Å². The molecule has 1 heterocycles. The fourth-order valence-electron chi connectivity index (χ4n) is 2.08.